The zero-order chi connectivity index (χ0) is 11.5. The molecular formula is C14H22N2. The molecule has 0 aliphatic carbocycles. The number of benzene rings is 1. The molecule has 1 atom stereocenters. The third-order valence-electron chi connectivity index (χ3n) is 3.61. The van der Waals surface area contributed by atoms with E-state index < -0.39 is 0 Å². The predicted octanol–water partition coefficient (Wildman–Crippen LogP) is 2.91. The Morgan fingerprint density at radius 3 is 2.38 bits per heavy atom. The van der Waals surface area contributed by atoms with E-state index in [1.807, 2.05) is 0 Å². The van der Waals surface area contributed by atoms with Gasteiger partial charge in [0.15, 0.2) is 0 Å². The van der Waals surface area contributed by atoms with Crippen LogP contribution in [0.5, 0.6) is 0 Å². The summed E-state index contributed by atoms with van der Waals surface area (Å²) in [6.07, 6.45) is 2.68. The SMILES string of the molecule is C[C@H](c1ccccc1N1CCCC1)N(C)C. The predicted molar refractivity (Wildman–Crippen MR) is 70.0 cm³/mol. The Labute approximate surface area is 98.9 Å². The second-order valence-electron chi connectivity index (χ2n) is 4.89. The molecule has 0 spiro atoms. The summed E-state index contributed by atoms with van der Waals surface area (Å²) in [4.78, 5) is 4.80. The van der Waals surface area contributed by atoms with Crippen molar-refractivity contribution < 1.29 is 0 Å². The quantitative estimate of drug-likeness (QED) is 0.769. The van der Waals surface area contributed by atoms with E-state index in [1.54, 1.807) is 0 Å². The maximum Gasteiger partial charge on any atom is 0.0414 e. The van der Waals surface area contributed by atoms with Crippen molar-refractivity contribution in [2.24, 2.45) is 0 Å². The highest BCUT2D eigenvalue weighted by Crippen LogP contribution is 2.30. The maximum atomic E-state index is 2.52. The van der Waals surface area contributed by atoms with Crippen molar-refractivity contribution in [1.82, 2.24) is 4.90 Å². The third-order valence-corrected chi connectivity index (χ3v) is 3.61. The fraction of sp³-hybridized carbons (Fsp3) is 0.571. The lowest BCUT2D eigenvalue weighted by Crippen LogP contribution is -2.23. The lowest BCUT2D eigenvalue weighted by molar-refractivity contribution is 0.321. The summed E-state index contributed by atoms with van der Waals surface area (Å²) in [5, 5.41) is 0. The van der Waals surface area contributed by atoms with Crippen molar-refractivity contribution in [1.29, 1.82) is 0 Å². The first-order valence-electron chi connectivity index (χ1n) is 6.20. The molecule has 1 heterocycles. The highest BCUT2D eigenvalue weighted by molar-refractivity contribution is 5.55. The minimum atomic E-state index is 0.483. The number of hydrogen-bond donors (Lipinski definition) is 0. The molecule has 1 aliphatic rings. The molecule has 2 heteroatoms. The number of hydrogen-bond acceptors (Lipinski definition) is 2. The molecule has 1 aliphatic heterocycles. The summed E-state index contributed by atoms with van der Waals surface area (Å²) >= 11 is 0. The Bertz CT molecular complexity index is 319. The van der Waals surface area contributed by atoms with Crippen LogP contribution in [0.25, 0.3) is 0 Å². The number of nitrogens with zero attached hydrogens (tertiary/aromatic N) is 2. The topological polar surface area (TPSA) is 6.48 Å². The molecule has 2 nitrogen and oxygen atoms in total. The van der Waals surface area contributed by atoms with Gasteiger partial charge in [-0.3, -0.25) is 0 Å². The van der Waals surface area contributed by atoms with Gasteiger partial charge in [-0.05, 0) is 45.5 Å². The van der Waals surface area contributed by atoms with Crippen LogP contribution in [0.1, 0.15) is 31.4 Å². The monoisotopic (exact) mass is 218 g/mol. The summed E-state index contributed by atoms with van der Waals surface area (Å²) < 4.78 is 0. The van der Waals surface area contributed by atoms with E-state index in [0.717, 1.165) is 0 Å². The second kappa shape index (κ2) is 4.88. The fourth-order valence-corrected chi connectivity index (χ4v) is 2.36. The first kappa shape index (κ1) is 11.5. The lowest BCUT2D eigenvalue weighted by Gasteiger charge is -2.27. The normalized spacial score (nSPS) is 18.1. The number of para-hydroxylation sites is 1. The van der Waals surface area contributed by atoms with Gasteiger partial charge >= 0.3 is 0 Å². The first-order chi connectivity index (χ1) is 7.70. The Morgan fingerprint density at radius 2 is 1.75 bits per heavy atom. The average Bonchev–Trinajstić information content (AvgIpc) is 2.81. The van der Waals surface area contributed by atoms with E-state index in [-0.39, 0.29) is 0 Å². The van der Waals surface area contributed by atoms with Crippen LogP contribution in [0, 0.1) is 0 Å². The van der Waals surface area contributed by atoms with E-state index in [0.29, 0.717) is 6.04 Å². The zero-order valence-electron chi connectivity index (χ0n) is 10.6. The molecule has 2 rings (SSSR count). The molecule has 1 aromatic carbocycles. The highest BCUT2D eigenvalue weighted by Gasteiger charge is 2.18. The molecule has 0 unspecified atom stereocenters. The van der Waals surface area contributed by atoms with Gasteiger partial charge in [-0.2, -0.15) is 0 Å². The van der Waals surface area contributed by atoms with Crippen molar-refractivity contribution in [3.8, 4) is 0 Å². The summed E-state index contributed by atoms with van der Waals surface area (Å²) in [6.45, 7) is 4.71. The fourth-order valence-electron chi connectivity index (χ4n) is 2.36. The molecule has 0 aromatic heterocycles. The van der Waals surface area contributed by atoms with Crippen LogP contribution in [0.2, 0.25) is 0 Å². The van der Waals surface area contributed by atoms with E-state index in [1.165, 1.54) is 37.2 Å². The summed E-state index contributed by atoms with van der Waals surface area (Å²) in [6, 6.07) is 9.31. The van der Waals surface area contributed by atoms with Crippen LogP contribution in [0.15, 0.2) is 24.3 Å². The van der Waals surface area contributed by atoms with Gasteiger partial charge in [-0.25, -0.2) is 0 Å². The molecule has 88 valence electrons. The van der Waals surface area contributed by atoms with Gasteiger partial charge in [0.05, 0.1) is 0 Å². The summed E-state index contributed by atoms with van der Waals surface area (Å²) in [7, 11) is 4.29. The Hall–Kier alpha value is -1.02. The Kier molecular flexibility index (Phi) is 3.49. The maximum absolute atomic E-state index is 2.52. The molecule has 0 amide bonds. The van der Waals surface area contributed by atoms with Gasteiger partial charge in [-0.15, -0.1) is 0 Å². The molecule has 0 bridgehead atoms. The molecule has 0 saturated carbocycles. The highest BCUT2D eigenvalue weighted by atomic mass is 15.2. The van der Waals surface area contributed by atoms with E-state index in [2.05, 4.69) is 55.1 Å². The van der Waals surface area contributed by atoms with Crippen LogP contribution >= 0.6 is 0 Å². The van der Waals surface area contributed by atoms with Crippen molar-refractivity contribution >= 4 is 5.69 Å². The van der Waals surface area contributed by atoms with E-state index in [9.17, 15) is 0 Å². The second-order valence-corrected chi connectivity index (χ2v) is 4.89. The van der Waals surface area contributed by atoms with Crippen LogP contribution in [0.4, 0.5) is 5.69 Å². The molecular weight excluding hydrogens is 196 g/mol. The minimum absolute atomic E-state index is 0.483. The van der Waals surface area contributed by atoms with Crippen LogP contribution < -0.4 is 4.90 Å². The van der Waals surface area contributed by atoms with E-state index >= 15 is 0 Å². The Balaban J connectivity index is 2.29. The number of anilines is 1. The van der Waals surface area contributed by atoms with Crippen LogP contribution in [-0.2, 0) is 0 Å². The smallest absolute Gasteiger partial charge is 0.0414 e. The third kappa shape index (κ3) is 2.22. The summed E-state index contributed by atoms with van der Waals surface area (Å²) in [5.41, 5.74) is 2.88. The van der Waals surface area contributed by atoms with Crippen LogP contribution in [0.3, 0.4) is 0 Å². The van der Waals surface area contributed by atoms with Crippen molar-refractivity contribution in [3.05, 3.63) is 29.8 Å². The largest absolute Gasteiger partial charge is 0.371 e. The lowest BCUT2D eigenvalue weighted by atomic mass is 10.0. The minimum Gasteiger partial charge on any atom is -0.371 e. The van der Waals surface area contributed by atoms with Gasteiger partial charge in [0.1, 0.15) is 0 Å². The van der Waals surface area contributed by atoms with Crippen molar-refractivity contribution in [2.75, 3.05) is 32.1 Å². The molecule has 0 N–H and O–H groups in total. The van der Waals surface area contributed by atoms with Gasteiger partial charge in [0, 0.05) is 24.8 Å². The zero-order valence-corrected chi connectivity index (χ0v) is 10.6. The molecule has 1 aromatic rings. The molecule has 1 saturated heterocycles. The molecule has 16 heavy (non-hydrogen) atoms. The van der Waals surface area contributed by atoms with Gasteiger partial charge in [0.25, 0.3) is 0 Å². The summed E-state index contributed by atoms with van der Waals surface area (Å²) in [5.74, 6) is 0. The van der Waals surface area contributed by atoms with Gasteiger partial charge in [-0.1, -0.05) is 18.2 Å². The van der Waals surface area contributed by atoms with E-state index in [4.69, 9.17) is 0 Å². The van der Waals surface area contributed by atoms with Crippen LogP contribution in [-0.4, -0.2) is 32.1 Å². The number of rotatable bonds is 3. The first-order valence-corrected chi connectivity index (χ1v) is 6.20. The Morgan fingerprint density at radius 1 is 1.12 bits per heavy atom. The van der Waals surface area contributed by atoms with Gasteiger partial charge in [0.2, 0.25) is 0 Å². The molecule has 1 fully saturated rings. The van der Waals surface area contributed by atoms with Crippen molar-refractivity contribution in [2.45, 2.75) is 25.8 Å². The standard InChI is InChI=1S/C14H22N2/c1-12(15(2)3)13-8-4-5-9-14(13)16-10-6-7-11-16/h4-5,8-9,12H,6-7,10-11H2,1-3H3/t12-/m1/s1. The van der Waals surface area contributed by atoms with Crippen molar-refractivity contribution in [3.63, 3.8) is 0 Å². The van der Waals surface area contributed by atoms with Gasteiger partial charge < -0.3 is 9.80 Å². The molecule has 0 radical (unpaired) electrons. The average molecular weight is 218 g/mol.